The van der Waals surface area contributed by atoms with Gasteiger partial charge in [-0.05, 0) is 50.6 Å². The zero-order chi connectivity index (χ0) is 15.2. The van der Waals surface area contributed by atoms with E-state index in [0.29, 0.717) is 6.61 Å². The van der Waals surface area contributed by atoms with E-state index >= 15 is 0 Å². The van der Waals surface area contributed by atoms with Crippen LogP contribution in [-0.4, -0.2) is 6.61 Å². The van der Waals surface area contributed by atoms with Gasteiger partial charge in [-0.15, -0.1) is 11.8 Å². The van der Waals surface area contributed by atoms with Gasteiger partial charge in [0.2, 0.25) is 0 Å². The Kier molecular flexibility index (Phi) is 5.71. The Labute approximate surface area is 131 Å². The summed E-state index contributed by atoms with van der Waals surface area (Å²) in [6.07, 6.45) is 0. The van der Waals surface area contributed by atoms with E-state index in [1.807, 2.05) is 31.7 Å². The Bertz CT molecular complexity index is 596. The van der Waals surface area contributed by atoms with Crippen LogP contribution in [0.4, 0.5) is 0 Å². The molecule has 1 unspecified atom stereocenters. The minimum absolute atomic E-state index is 0.0448. The first-order valence-corrected chi connectivity index (χ1v) is 8.29. The molecule has 0 aliphatic carbocycles. The molecule has 2 nitrogen and oxygen atoms in total. The first-order valence-electron chi connectivity index (χ1n) is 7.31. The molecule has 0 aliphatic rings. The van der Waals surface area contributed by atoms with E-state index in [4.69, 9.17) is 10.5 Å². The largest absolute Gasteiger partial charge is 0.494 e. The molecule has 21 heavy (non-hydrogen) atoms. The van der Waals surface area contributed by atoms with E-state index in [2.05, 4.69) is 43.3 Å². The monoisotopic (exact) mass is 301 g/mol. The van der Waals surface area contributed by atoms with E-state index < -0.39 is 0 Å². The number of ether oxygens (including phenoxy) is 1. The molecule has 0 heterocycles. The summed E-state index contributed by atoms with van der Waals surface area (Å²) < 4.78 is 5.73. The number of aryl methyl sites for hydroxylation is 1. The van der Waals surface area contributed by atoms with Gasteiger partial charge in [0.05, 0.1) is 6.61 Å². The smallest absolute Gasteiger partial charge is 0.123 e. The highest BCUT2D eigenvalue weighted by atomic mass is 32.2. The second-order valence-corrected chi connectivity index (χ2v) is 6.24. The van der Waals surface area contributed by atoms with Crippen molar-refractivity contribution in [1.82, 2.24) is 0 Å². The molecule has 0 aliphatic heterocycles. The number of thioether (sulfide) groups is 1. The van der Waals surface area contributed by atoms with Crippen LogP contribution in [0.25, 0.3) is 0 Å². The van der Waals surface area contributed by atoms with Crippen molar-refractivity contribution in [3.05, 3.63) is 59.2 Å². The first kappa shape index (κ1) is 15.9. The van der Waals surface area contributed by atoms with Gasteiger partial charge in [0.25, 0.3) is 0 Å². The molecule has 2 aromatic rings. The Morgan fingerprint density at radius 2 is 2.00 bits per heavy atom. The summed E-state index contributed by atoms with van der Waals surface area (Å²) in [6, 6.07) is 14.9. The van der Waals surface area contributed by atoms with Gasteiger partial charge in [0.15, 0.2) is 0 Å². The summed E-state index contributed by atoms with van der Waals surface area (Å²) in [7, 11) is 0. The summed E-state index contributed by atoms with van der Waals surface area (Å²) >= 11 is 1.83. The molecule has 1 atom stereocenters. The molecule has 112 valence electrons. The molecule has 0 radical (unpaired) electrons. The molecule has 3 heteroatoms. The molecule has 2 aromatic carbocycles. The van der Waals surface area contributed by atoms with Crippen LogP contribution in [0.5, 0.6) is 5.75 Å². The lowest BCUT2D eigenvalue weighted by atomic mass is 10.1. The van der Waals surface area contributed by atoms with Crippen molar-refractivity contribution >= 4 is 11.8 Å². The highest BCUT2D eigenvalue weighted by molar-refractivity contribution is 7.98. The maximum absolute atomic E-state index is 5.99. The number of benzene rings is 2. The fourth-order valence-corrected chi connectivity index (χ4v) is 3.15. The number of rotatable bonds is 6. The third-order valence-corrected chi connectivity index (χ3v) is 4.34. The van der Waals surface area contributed by atoms with E-state index in [-0.39, 0.29) is 6.04 Å². The lowest BCUT2D eigenvalue weighted by molar-refractivity contribution is 0.337. The van der Waals surface area contributed by atoms with Crippen LogP contribution in [0.3, 0.4) is 0 Å². The second-order valence-electron chi connectivity index (χ2n) is 5.19. The highest BCUT2D eigenvalue weighted by Crippen LogP contribution is 2.30. The molecular formula is C18H23NOS. The zero-order valence-corrected chi connectivity index (χ0v) is 13.7. The Morgan fingerprint density at radius 1 is 1.19 bits per heavy atom. The molecule has 0 bridgehead atoms. The van der Waals surface area contributed by atoms with Crippen LogP contribution in [-0.2, 0) is 5.75 Å². The minimum Gasteiger partial charge on any atom is -0.494 e. The third-order valence-electron chi connectivity index (χ3n) is 3.29. The second kappa shape index (κ2) is 7.53. The summed E-state index contributed by atoms with van der Waals surface area (Å²) in [5.74, 6) is 1.85. The molecular weight excluding hydrogens is 278 g/mol. The Balaban J connectivity index is 2.18. The van der Waals surface area contributed by atoms with Crippen LogP contribution >= 0.6 is 11.8 Å². The molecule has 0 aromatic heterocycles. The van der Waals surface area contributed by atoms with Crippen molar-refractivity contribution < 1.29 is 4.74 Å². The molecule has 0 spiro atoms. The standard InChI is InChI=1S/C18H23NOS/c1-4-20-18-9-8-15(14(3)19)11-16(18)12-21-17-7-5-6-13(2)10-17/h5-11,14H,4,12,19H2,1-3H3. The summed E-state index contributed by atoms with van der Waals surface area (Å²) in [5, 5.41) is 0. The molecule has 0 amide bonds. The molecule has 2 N–H and O–H groups in total. The molecule has 2 rings (SSSR count). The highest BCUT2D eigenvalue weighted by Gasteiger charge is 2.08. The van der Waals surface area contributed by atoms with Crippen molar-refractivity contribution in [2.45, 2.75) is 37.5 Å². The van der Waals surface area contributed by atoms with E-state index in [1.54, 1.807) is 0 Å². The topological polar surface area (TPSA) is 35.2 Å². The van der Waals surface area contributed by atoms with E-state index in [0.717, 1.165) is 17.1 Å². The zero-order valence-electron chi connectivity index (χ0n) is 12.9. The SMILES string of the molecule is CCOc1ccc(C(C)N)cc1CSc1cccc(C)c1. The minimum atomic E-state index is 0.0448. The first-order chi connectivity index (χ1) is 10.1. The number of nitrogens with two attached hydrogens (primary N) is 1. The van der Waals surface area contributed by atoms with Gasteiger partial charge < -0.3 is 10.5 Å². The Hall–Kier alpha value is -1.45. The molecule has 0 saturated heterocycles. The van der Waals surface area contributed by atoms with Crippen molar-refractivity contribution in [3.63, 3.8) is 0 Å². The maximum atomic E-state index is 5.99. The van der Waals surface area contributed by atoms with Gasteiger partial charge >= 0.3 is 0 Å². The van der Waals surface area contributed by atoms with Crippen LogP contribution in [0, 0.1) is 6.92 Å². The van der Waals surface area contributed by atoms with Gasteiger partial charge in [-0.2, -0.15) is 0 Å². The third kappa shape index (κ3) is 4.51. The summed E-state index contributed by atoms with van der Waals surface area (Å²) in [6.45, 7) is 6.82. The lowest BCUT2D eigenvalue weighted by Crippen LogP contribution is -2.06. The van der Waals surface area contributed by atoms with Crippen molar-refractivity contribution in [1.29, 1.82) is 0 Å². The van der Waals surface area contributed by atoms with Gasteiger partial charge in [0, 0.05) is 22.3 Å². The summed E-state index contributed by atoms with van der Waals surface area (Å²) in [5.41, 5.74) is 9.63. The molecule has 0 saturated carbocycles. The van der Waals surface area contributed by atoms with Crippen molar-refractivity contribution in [3.8, 4) is 5.75 Å². The van der Waals surface area contributed by atoms with Crippen LogP contribution < -0.4 is 10.5 Å². The quantitative estimate of drug-likeness (QED) is 0.785. The van der Waals surface area contributed by atoms with Crippen LogP contribution in [0.15, 0.2) is 47.4 Å². The van der Waals surface area contributed by atoms with Crippen LogP contribution in [0.1, 0.15) is 36.6 Å². The predicted octanol–water partition coefficient (Wildman–Crippen LogP) is 4.71. The van der Waals surface area contributed by atoms with Crippen molar-refractivity contribution in [2.24, 2.45) is 5.73 Å². The predicted molar refractivity (Wildman–Crippen MR) is 91.0 cm³/mol. The van der Waals surface area contributed by atoms with Gasteiger partial charge in [-0.1, -0.05) is 23.8 Å². The van der Waals surface area contributed by atoms with Crippen molar-refractivity contribution in [2.75, 3.05) is 6.61 Å². The van der Waals surface area contributed by atoms with Gasteiger partial charge in [-0.3, -0.25) is 0 Å². The Morgan fingerprint density at radius 3 is 2.67 bits per heavy atom. The van der Waals surface area contributed by atoms with E-state index in [9.17, 15) is 0 Å². The number of hydrogen-bond donors (Lipinski definition) is 1. The number of hydrogen-bond acceptors (Lipinski definition) is 3. The maximum Gasteiger partial charge on any atom is 0.123 e. The summed E-state index contributed by atoms with van der Waals surface area (Å²) in [4.78, 5) is 1.28. The van der Waals surface area contributed by atoms with Crippen LogP contribution in [0.2, 0.25) is 0 Å². The average molecular weight is 301 g/mol. The fraction of sp³-hybridized carbons (Fsp3) is 0.333. The van der Waals surface area contributed by atoms with Gasteiger partial charge in [0.1, 0.15) is 5.75 Å². The van der Waals surface area contributed by atoms with Gasteiger partial charge in [-0.25, -0.2) is 0 Å². The normalized spacial score (nSPS) is 12.2. The lowest BCUT2D eigenvalue weighted by Gasteiger charge is -2.14. The molecule has 0 fully saturated rings. The average Bonchev–Trinajstić information content (AvgIpc) is 2.46. The fourth-order valence-electron chi connectivity index (χ4n) is 2.16. The van der Waals surface area contributed by atoms with E-state index in [1.165, 1.54) is 16.0 Å².